The average molecular weight is 274 g/mol. The van der Waals surface area contributed by atoms with Gasteiger partial charge in [-0.15, -0.1) is 0 Å². The molecule has 0 aromatic carbocycles. The van der Waals surface area contributed by atoms with Crippen LogP contribution >= 0.6 is 0 Å². The van der Waals surface area contributed by atoms with Crippen LogP contribution in [-0.2, 0) is 0 Å². The summed E-state index contributed by atoms with van der Waals surface area (Å²) in [7, 11) is 0. The van der Waals surface area contributed by atoms with Crippen molar-refractivity contribution in [3.8, 4) is 0 Å². The topological polar surface area (TPSA) is 20.2 Å². The monoisotopic (exact) mass is 274 g/mol. The van der Waals surface area contributed by atoms with Crippen molar-refractivity contribution in [3.05, 3.63) is 60.8 Å². The highest BCUT2D eigenvalue weighted by Gasteiger charge is 1.78. The van der Waals surface area contributed by atoms with Gasteiger partial charge < -0.3 is 5.11 Å². The van der Waals surface area contributed by atoms with Gasteiger partial charge in [0.15, 0.2) is 0 Å². The van der Waals surface area contributed by atoms with Crippen molar-refractivity contribution >= 4 is 0 Å². The third-order valence-corrected chi connectivity index (χ3v) is 2.68. The van der Waals surface area contributed by atoms with E-state index in [1.165, 1.54) is 0 Å². The second-order valence-electron chi connectivity index (χ2n) is 4.56. The Kier molecular flexibility index (Phi) is 16.5. The molecule has 0 aliphatic heterocycles. The van der Waals surface area contributed by atoms with Gasteiger partial charge in [-0.25, -0.2) is 0 Å². The fraction of sp³-hybridized carbons (Fsp3) is 0.474. The number of aliphatic hydroxyl groups is 1. The summed E-state index contributed by atoms with van der Waals surface area (Å²) in [6, 6.07) is 0. The highest BCUT2D eigenvalue weighted by molar-refractivity contribution is 4.99. The Hall–Kier alpha value is -1.34. The molecule has 0 saturated heterocycles. The minimum atomic E-state index is 0.250. The smallest absolute Gasteiger partial charge is 0.0465 e. The van der Waals surface area contributed by atoms with Gasteiger partial charge >= 0.3 is 0 Å². The Bertz CT molecular complexity index is 319. The largest absolute Gasteiger partial charge is 0.396 e. The summed E-state index contributed by atoms with van der Waals surface area (Å²) in [5.74, 6) is 0. The molecule has 0 radical (unpaired) electrons. The number of unbranched alkanes of at least 4 members (excludes halogenated alkanes) is 1. The van der Waals surface area contributed by atoms with E-state index in [-0.39, 0.29) is 6.61 Å². The van der Waals surface area contributed by atoms with Crippen LogP contribution in [0.5, 0.6) is 0 Å². The van der Waals surface area contributed by atoms with Crippen LogP contribution in [0.4, 0.5) is 0 Å². The van der Waals surface area contributed by atoms with Crippen LogP contribution in [0.3, 0.4) is 0 Å². The van der Waals surface area contributed by atoms with E-state index in [4.69, 9.17) is 5.11 Å². The van der Waals surface area contributed by atoms with E-state index >= 15 is 0 Å². The maximum atomic E-state index is 8.60. The number of rotatable bonds is 12. The van der Waals surface area contributed by atoms with Crippen LogP contribution in [-0.4, -0.2) is 11.7 Å². The first-order valence-corrected chi connectivity index (χ1v) is 7.77. The Labute approximate surface area is 125 Å². The Morgan fingerprint density at radius 3 is 1.45 bits per heavy atom. The fourth-order valence-corrected chi connectivity index (χ4v) is 1.60. The maximum Gasteiger partial charge on any atom is 0.0465 e. The molecule has 1 nitrogen and oxygen atoms in total. The zero-order valence-electron chi connectivity index (χ0n) is 12.9. The van der Waals surface area contributed by atoms with Gasteiger partial charge in [0.05, 0.1) is 0 Å². The molecule has 0 rings (SSSR count). The van der Waals surface area contributed by atoms with E-state index < -0.39 is 0 Å². The van der Waals surface area contributed by atoms with Crippen molar-refractivity contribution in [2.24, 2.45) is 0 Å². The fourth-order valence-electron chi connectivity index (χ4n) is 1.60. The normalized spacial score (nSPS) is 13.1. The zero-order valence-corrected chi connectivity index (χ0v) is 12.9. The van der Waals surface area contributed by atoms with E-state index in [1.54, 1.807) is 0 Å². The minimum Gasteiger partial charge on any atom is -0.396 e. The minimum absolute atomic E-state index is 0.250. The van der Waals surface area contributed by atoms with Gasteiger partial charge in [0.25, 0.3) is 0 Å². The number of hydrogen-bond donors (Lipinski definition) is 1. The lowest BCUT2D eigenvalue weighted by Gasteiger charge is -1.88. The quantitative estimate of drug-likeness (QED) is 0.367. The third kappa shape index (κ3) is 16.7. The molecule has 0 heterocycles. The van der Waals surface area contributed by atoms with Gasteiger partial charge in [-0.2, -0.15) is 0 Å². The molecule has 0 fully saturated rings. The van der Waals surface area contributed by atoms with Crippen molar-refractivity contribution in [1.82, 2.24) is 0 Å². The van der Waals surface area contributed by atoms with Crippen LogP contribution in [0.25, 0.3) is 0 Å². The summed E-state index contributed by atoms with van der Waals surface area (Å²) in [6.45, 7) is 2.41. The first kappa shape index (κ1) is 18.7. The van der Waals surface area contributed by atoms with Crippen LogP contribution in [0.2, 0.25) is 0 Å². The van der Waals surface area contributed by atoms with E-state index in [1.807, 2.05) is 6.08 Å². The SMILES string of the molecule is CC/C=C\C/C=C\C/C=C\C/C=C\CC/C=C/CCO. The van der Waals surface area contributed by atoms with Gasteiger partial charge in [0.1, 0.15) is 0 Å². The zero-order chi connectivity index (χ0) is 14.7. The molecule has 0 unspecified atom stereocenters. The Morgan fingerprint density at radius 2 is 0.950 bits per heavy atom. The molecule has 0 amide bonds. The second-order valence-corrected chi connectivity index (χ2v) is 4.56. The van der Waals surface area contributed by atoms with Gasteiger partial charge in [0, 0.05) is 6.61 Å². The molecule has 20 heavy (non-hydrogen) atoms. The Morgan fingerprint density at radius 1 is 0.550 bits per heavy atom. The number of hydrogen-bond acceptors (Lipinski definition) is 1. The van der Waals surface area contributed by atoms with Crippen LogP contribution in [0.15, 0.2) is 60.8 Å². The summed E-state index contributed by atoms with van der Waals surface area (Å²) in [6.07, 6.45) is 29.0. The summed E-state index contributed by atoms with van der Waals surface area (Å²) in [4.78, 5) is 0. The van der Waals surface area contributed by atoms with Gasteiger partial charge in [0.2, 0.25) is 0 Å². The first-order valence-electron chi connectivity index (χ1n) is 7.77. The predicted molar refractivity (Wildman–Crippen MR) is 90.8 cm³/mol. The van der Waals surface area contributed by atoms with Crippen LogP contribution < -0.4 is 0 Å². The van der Waals surface area contributed by atoms with Crippen molar-refractivity contribution in [1.29, 1.82) is 0 Å². The standard InChI is InChI=1S/C19H30O/c1-2-3-4-5-6-7-8-9-10-11-12-13-14-15-16-17-18-19-20/h3-4,6-7,9-10,12-13,16-17,20H,2,5,8,11,14-15,18-19H2,1H3/b4-3-,7-6-,10-9-,13-12-,17-16+. The highest BCUT2D eigenvalue weighted by atomic mass is 16.2. The van der Waals surface area contributed by atoms with E-state index in [0.29, 0.717) is 0 Å². The molecule has 0 spiro atoms. The second kappa shape index (κ2) is 17.7. The van der Waals surface area contributed by atoms with E-state index in [0.717, 1.165) is 44.9 Å². The highest BCUT2D eigenvalue weighted by Crippen LogP contribution is 1.97. The molecule has 0 saturated carbocycles. The Balaban J connectivity index is 3.40. The summed E-state index contributed by atoms with van der Waals surface area (Å²) >= 11 is 0. The van der Waals surface area contributed by atoms with Crippen LogP contribution in [0, 0.1) is 0 Å². The molecule has 0 aromatic heterocycles. The molecule has 0 aliphatic carbocycles. The molecule has 0 aliphatic rings. The maximum absolute atomic E-state index is 8.60. The van der Waals surface area contributed by atoms with E-state index in [2.05, 4.69) is 61.6 Å². The molecule has 1 heteroatoms. The molecular weight excluding hydrogens is 244 g/mol. The van der Waals surface area contributed by atoms with Gasteiger partial charge in [-0.05, 0) is 44.9 Å². The average Bonchev–Trinajstić information content (AvgIpc) is 2.47. The lowest BCUT2D eigenvalue weighted by Crippen LogP contribution is -1.75. The number of aliphatic hydroxyl groups excluding tert-OH is 1. The molecular formula is C19H30O. The molecule has 1 N–H and O–H groups in total. The summed E-state index contributed by atoms with van der Waals surface area (Å²) in [5, 5.41) is 8.60. The number of allylic oxidation sites excluding steroid dienone is 9. The summed E-state index contributed by atoms with van der Waals surface area (Å²) in [5.41, 5.74) is 0. The lowest BCUT2D eigenvalue weighted by atomic mass is 10.2. The molecule has 0 aromatic rings. The van der Waals surface area contributed by atoms with Crippen molar-refractivity contribution in [2.75, 3.05) is 6.61 Å². The summed E-state index contributed by atoms with van der Waals surface area (Å²) < 4.78 is 0. The van der Waals surface area contributed by atoms with Crippen LogP contribution in [0.1, 0.15) is 51.9 Å². The van der Waals surface area contributed by atoms with Crippen molar-refractivity contribution < 1.29 is 5.11 Å². The van der Waals surface area contributed by atoms with Gasteiger partial charge in [-0.3, -0.25) is 0 Å². The molecule has 0 atom stereocenters. The van der Waals surface area contributed by atoms with E-state index in [9.17, 15) is 0 Å². The molecule has 0 bridgehead atoms. The van der Waals surface area contributed by atoms with Crippen molar-refractivity contribution in [2.45, 2.75) is 51.9 Å². The molecule has 112 valence electrons. The van der Waals surface area contributed by atoms with Crippen molar-refractivity contribution in [3.63, 3.8) is 0 Å². The first-order chi connectivity index (χ1) is 9.91. The predicted octanol–water partition coefficient (Wildman–Crippen LogP) is 5.51. The lowest BCUT2D eigenvalue weighted by molar-refractivity contribution is 0.302. The third-order valence-electron chi connectivity index (χ3n) is 2.68. The van der Waals surface area contributed by atoms with Gasteiger partial charge in [-0.1, -0.05) is 67.7 Å².